The lowest BCUT2D eigenvalue weighted by Crippen LogP contribution is -2.39. The molecule has 0 saturated heterocycles. The number of unbranched alkanes of at least 4 members (excludes halogenated alkanes) is 1. The predicted molar refractivity (Wildman–Crippen MR) is 88.6 cm³/mol. The number of hydrogen-bond donors (Lipinski definition) is 1. The largest absolute Gasteiger partial charge is 0.379 e. The molecular weight excluding hydrogens is 330 g/mol. The molecule has 0 bridgehead atoms. The van der Waals surface area contributed by atoms with E-state index < -0.39 is 16.1 Å². The second kappa shape index (κ2) is 6.66. The Morgan fingerprint density at radius 3 is 2.83 bits per heavy atom. The SMILES string of the molecule is CCCCS(=O)(=O)N1CCn2nc(C(O)c3nccn3C)cc2C1. The lowest BCUT2D eigenvalue weighted by atomic mass is 10.2. The fraction of sp³-hybridized carbons (Fsp3) is 0.600. The molecule has 0 spiro atoms. The number of fused-ring (bicyclic) bond motifs is 1. The van der Waals surface area contributed by atoms with Crippen molar-refractivity contribution >= 4 is 10.0 Å². The Morgan fingerprint density at radius 1 is 1.38 bits per heavy atom. The summed E-state index contributed by atoms with van der Waals surface area (Å²) in [6.07, 6.45) is 3.98. The number of aliphatic hydroxyl groups is 1. The molecule has 1 unspecified atom stereocenters. The van der Waals surface area contributed by atoms with Crippen molar-refractivity contribution < 1.29 is 13.5 Å². The highest BCUT2D eigenvalue weighted by Gasteiger charge is 2.29. The van der Waals surface area contributed by atoms with Gasteiger partial charge in [0.25, 0.3) is 0 Å². The Bertz CT molecular complexity index is 811. The minimum atomic E-state index is -3.24. The molecule has 24 heavy (non-hydrogen) atoms. The van der Waals surface area contributed by atoms with Gasteiger partial charge >= 0.3 is 0 Å². The average Bonchev–Trinajstić information content (AvgIpc) is 3.17. The molecule has 9 heteroatoms. The zero-order chi connectivity index (χ0) is 17.3. The van der Waals surface area contributed by atoms with Crippen LogP contribution >= 0.6 is 0 Å². The Kier molecular flexibility index (Phi) is 4.75. The molecule has 0 aromatic carbocycles. The fourth-order valence-corrected chi connectivity index (χ4v) is 4.46. The number of aliphatic hydroxyl groups excluding tert-OH is 1. The third-order valence-electron chi connectivity index (χ3n) is 4.31. The average molecular weight is 353 g/mol. The minimum Gasteiger partial charge on any atom is -0.379 e. The third-order valence-corrected chi connectivity index (χ3v) is 6.22. The van der Waals surface area contributed by atoms with Gasteiger partial charge in [-0.05, 0) is 12.5 Å². The molecule has 1 aliphatic rings. The second-order valence-electron chi connectivity index (χ2n) is 6.09. The summed E-state index contributed by atoms with van der Waals surface area (Å²) in [6, 6.07) is 1.76. The number of hydrogen-bond acceptors (Lipinski definition) is 5. The van der Waals surface area contributed by atoms with E-state index in [1.807, 2.05) is 14.0 Å². The summed E-state index contributed by atoms with van der Waals surface area (Å²) in [6.45, 7) is 3.19. The maximum Gasteiger partial charge on any atom is 0.214 e. The summed E-state index contributed by atoms with van der Waals surface area (Å²) in [7, 11) is -1.43. The zero-order valence-electron chi connectivity index (χ0n) is 14.0. The van der Waals surface area contributed by atoms with E-state index in [9.17, 15) is 13.5 Å². The first-order chi connectivity index (χ1) is 11.4. The van der Waals surface area contributed by atoms with Crippen molar-refractivity contribution in [2.24, 2.45) is 7.05 Å². The van der Waals surface area contributed by atoms with Crippen LogP contribution < -0.4 is 0 Å². The normalized spacial score (nSPS) is 17.0. The molecule has 2 aromatic rings. The van der Waals surface area contributed by atoms with Crippen molar-refractivity contribution in [3.63, 3.8) is 0 Å². The van der Waals surface area contributed by atoms with Gasteiger partial charge in [-0.15, -0.1) is 0 Å². The van der Waals surface area contributed by atoms with Gasteiger partial charge in [-0.2, -0.15) is 9.40 Å². The van der Waals surface area contributed by atoms with Crippen molar-refractivity contribution in [2.75, 3.05) is 12.3 Å². The number of sulfonamides is 1. The monoisotopic (exact) mass is 353 g/mol. The van der Waals surface area contributed by atoms with Crippen LogP contribution in [0.1, 0.15) is 43.1 Å². The Balaban J connectivity index is 1.79. The van der Waals surface area contributed by atoms with Crippen LogP contribution in [0.2, 0.25) is 0 Å². The lowest BCUT2D eigenvalue weighted by Gasteiger charge is -2.26. The molecule has 2 aromatic heterocycles. The molecule has 1 N–H and O–H groups in total. The molecule has 1 aliphatic heterocycles. The molecule has 0 fully saturated rings. The van der Waals surface area contributed by atoms with Gasteiger partial charge in [0.1, 0.15) is 5.82 Å². The molecule has 1 atom stereocenters. The van der Waals surface area contributed by atoms with Gasteiger partial charge in [0, 0.05) is 26.0 Å². The highest BCUT2D eigenvalue weighted by Crippen LogP contribution is 2.23. The van der Waals surface area contributed by atoms with E-state index in [0.29, 0.717) is 37.6 Å². The summed E-state index contributed by atoms with van der Waals surface area (Å²) < 4.78 is 29.7. The molecule has 8 nitrogen and oxygen atoms in total. The smallest absolute Gasteiger partial charge is 0.214 e. The van der Waals surface area contributed by atoms with E-state index in [4.69, 9.17) is 0 Å². The van der Waals surface area contributed by atoms with E-state index in [-0.39, 0.29) is 5.75 Å². The van der Waals surface area contributed by atoms with Gasteiger partial charge in [-0.1, -0.05) is 13.3 Å². The van der Waals surface area contributed by atoms with Crippen LogP contribution in [-0.4, -0.2) is 49.5 Å². The van der Waals surface area contributed by atoms with Gasteiger partial charge in [0.15, 0.2) is 6.10 Å². The zero-order valence-corrected chi connectivity index (χ0v) is 14.8. The van der Waals surface area contributed by atoms with Gasteiger partial charge < -0.3 is 9.67 Å². The number of rotatable bonds is 6. The standard InChI is InChI=1S/C15H23N5O3S/c1-3-4-9-24(22,23)19-7-8-20-12(11-19)10-13(17-20)14(21)15-16-5-6-18(15)2/h5-6,10,14,21H,3-4,7-9,11H2,1-2H3. The Labute approximate surface area is 141 Å². The van der Waals surface area contributed by atoms with Crippen LogP contribution in [0, 0.1) is 0 Å². The van der Waals surface area contributed by atoms with Gasteiger partial charge in [0.2, 0.25) is 10.0 Å². The van der Waals surface area contributed by atoms with Gasteiger partial charge in [0.05, 0.1) is 30.2 Å². The number of aryl methyl sites for hydroxylation is 1. The quantitative estimate of drug-likeness (QED) is 0.823. The first kappa shape index (κ1) is 17.1. The van der Waals surface area contributed by atoms with Crippen molar-refractivity contribution in [3.8, 4) is 0 Å². The van der Waals surface area contributed by atoms with Crippen LogP contribution in [0.5, 0.6) is 0 Å². The minimum absolute atomic E-state index is 0.181. The first-order valence-corrected chi connectivity index (χ1v) is 9.73. The summed E-state index contributed by atoms with van der Waals surface area (Å²) in [4.78, 5) is 4.14. The number of aromatic nitrogens is 4. The summed E-state index contributed by atoms with van der Waals surface area (Å²) in [5.74, 6) is 0.693. The lowest BCUT2D eigenvalue weighted by molar-refractivity contribution is 0.200. The van der Waals surface area contributed by atoms with E-state index >= 15 is 0 Å². The highest BCUT2D eigenvalue weighted by atomic mass is 32.2. The van der Waals surface area contributed by atoms with E-state index in [0.717, 1.165) is 12.1 Å². The number of nitrogens with zero attached hydrogens (tertiary/aromatic N) is 5. The van der Waals surface area contributed by atoms with E-state index in [2.05, 4.69) is 10.1 Å². The van der Waals surface area contributed by atoms with Gasteiger partial charge in [-0.3, -0.25) is 4.68 Å². The van der Waals surface area contributed by atoms with Crippen molar-refractivity contribution in [3.05, 3.63) is 35.7 Å². The van der Waals surface area contributed by atoms with E-state index in [1.54, 1.807) is 27.7 Å². The maximum absolute atomic E-state index is 12.4. The summed E-state index contributed by atoms with van der Waals surface area (Å²) in [5.41, 5.74) is 1.29. The Morgan fingerprint density at radius 2 is 2.17 bits per heavy atom. The fourth-order valence-electron chi connectivity index (χ4n) is 2.86. The van der Waals surface area contributed by atoms with Crippen molar-refractivity contribution in [1.82, 2.24) is 23.6 Å². The van der Waals surface area contributed by atoms with Crippen molar-refractivity contribution in [2.45, 2.75) is 39.0 Å². The van der Waals surface area contributed by atoms with Crippen molar-refractivity contribution in [1.29, 1.82) is 0 Å². The summed E-state index contributed by atoms with van der Waals surface area (Å²) in [5, 5.41) is 14.9. The van der Waals surface area contributed by atoms with Crippen LogP contribution in [0.15, 0.2) is 18.5 Å². The maximum atomic E-state index is 12.4. The molecule has 132 valence electrons. The Hall–Kier alpha value is -1.71. The van der Waals surface area contributed by atoms with Crippen LogP contribution in [-0.2, 0) is 30.2 Å². The van der Waals surface area contributed by atoms with Gasteiger partial charge in [-0.25, -0.2) is 13.4 Å². The molecular formula is C15H23N5O3S. The molecule has 3 rings (SSSR count). The second-order valence-corrected chi connectivity index (χ2v) is 8.17. The third kappa shape index (κ3) is 3.24. The number of imidazole rings is 1. The first-order valence-electron chi connectivity index (χ1n) is 8.12. The van der Waals surface area contributed by atoms with Crippen LogP contribution in [0.4, 0.5) is 0 Å². The van der Waals surface area contributed by atoms with Crippen LogP contribution in [0.3, 0.4) is 0 Å². The predicted octanol–water partition coefficient (Wildman–Crippen LogP) is 0.644. The molecule has 0 amide bonds. The molecule has 0 saturated carbocycles. The van der Waals surface area contributed by atoms with E-state index in [1.165, 1.54) is 4.31 Å². The van der Waals surface area contributed by atoms with Crippen LogP contribution in [0.25, 0.3) is 0 Å². The molecule has 0 radical (unpaired) electrons. The highest BCUT2D eigenvalue weighted by molar-refractivity contribution is 7.89. The topological polar surface area (TPSA) is 93.2 Å². The molecule has 3 heterocycles. The summed E-state index contributed by atoms with van der Waals surface area (Å²) >= 11 is 0. The molecule has 0 aliphatic carbocycles.